The maximum atomic E-state index is 11.7. The highest BCUT2D eigenvalue weighted by Crippen LogP contribution is 2.33. The number of carbonyl (C=O) groups is 1. The Morgan fingerprint density at radius 2 is 2.18 bits per heavy atom. The number of nitrogens with one attached hydrogen (secondary N) is 1. The third kappa shape index (κ3) is 2.46. The van der Waals surface area contributed by atoms with Crippen molar-refractivity contribution in [2.75, 3.05) is 17.3 Å². The largest absolute Gasteiger partial charge is 0.334 e. The van der Waals surface area contributed by atoms with Gasteiger partial charge in [0.2, 0.25) is 11.7 Å². The molecule has 1 aromatic carbocycles. The zero-order valence-corrected chi connectivity index (χ0v) is 12.3. The molecular weight excluding hydrogens is 308 g/mol. The van der Waals surface area contributed by atoms with E-state index in [4.69, 9.17) is 11.6 Å². The summed E-state index contributed by atoms with van der Waals surface area (Å²) in [5.74, 6) is 0.120. The van der Waals surface area contributed by atoms with Crippen LogP contribution in [-0.2, 0) is 11.2 Å². The van der Waals surface area contributed by atoms with Crippen LogP contribution in [0.1, 0.15) is 5.56 Å². The van der Waals surface area contributed by atoms with Gasteiger partial charge in [0.15, 0.2) is 0 Å². The number of aromatic nitrogens is 1. The fourth-order valence-corrected chi connectivity index (χ4v) is 2.50. The lowest BCUT2D eigenvalue weighted by molar-refractivity contribution is -0.384. The molecular formula is C14H11ClN4O3. The predicted octanol–water partition coefficient (Wildman–Crippen LogP) is 2.91. The van der Waals surface area contributed by atoms with Crippen molar-refractivity contribution in [1.29, 1.82) is 0 Å². The third-order valence-electron chi connectivity index (χ3n) is 3.45. The molecule has 0 fully saturated rings. The number of nitro groups is 1. The Kier molecular flexibility index (Phi) is 3.42. The molecule has 1 aliphatic rings. The number of fused-ring (bicyclic) bond motifs is 1. The van der Waals surface area contributed by atoms with Crippen molar-refractivity contribution in [2.45, 2.75) is 6.42 Å². The highest BCUT2D eigenvalue weighted by molar-refractivity contribution is 6.30. The standard InChI is InChI=1S/C14H11ClN4O3/c1-18-11-3-2-10(4-8(11)5-13(18)20)17-14-12(19(21)22)6-9(15)7-16-14/h2-4,6-7H,5H2,1H3,(H,16,17). The fourth-order valence-electron chi connectivity index (χ4n) is 2.35. The smallest absolute Gasteiger partial charge is 0.313 e. The normalized spacial score (nSPS) is 13.2. The zero-order valence-electron chi connectivity index (χ0n) is 11.5. The van der Waals surface area contributed by atoms with E-state index in [1.807, 2.05) is 0 Å². The summed E-state index contributed by atoms with van der Waals surface area (Å²) in [6.45, 7) is 0. The van der Waals surface area contributed by atoms with Crippen LogP contribution in [0.3, 0.4) is 0 Å². The first-order valence-electron chi connectivity index (χ1n) is 6.42. The molecule has 22 heavy (non-hydrogen) atoms. The monoisotopic (exact) mass is 318 g/mol. The van der Waals surface area contributed by atoms with Gasteiger partial charge >= 0.3 is 5.69 Å². The summed E-state index contributed by atoms with van der Waals surface area (Å²) in [6, 6.07) is 6.57. The number of hydrogen-bond acceptors (Lipinski definition) is 5. The number of amides is 1. The molecule has 0 atom stereocenters. The number of benzene rings is 1. The van der Waals surface area contributed by atoms with Crippen LogP contribution in [0.25, 0.3) is 0 Å². The molecule has 0 radical (unpaired) electrons. The second kappa shape index (κ2) is 5.27. The van der Waals surface area contributed by atoms with Crippen LogP contribution >= 0.6 is 11.6 Å². The fraction of sp³-hybridized carbons (Fsp3) is 0.143. The number of hydrogen-bond donors (Lipinski definition) is 1. The van der Waals surface area contributed by atoms with E-state index >= 15 is 0 Å². The highest BCUT2D eigenvalue weighted by Gasteiger charge is 2.24. The molecule has 0 unspecified atom stereocenters. The minimum absolute atomic E-state index is 0.0164. The molecule has 0 aliphatic carbocycles. The number of anilines is 3. The number of likely N-dealkylation sites (N-methyl/N-ethyl adjacent to an activating group) is 1. The first-order valence-corrected chi connectivity index (χ1v) is 6.80. The predicted molar refractivity (Wildman–Crippen MR) is 82.7 cm³/mol. The molecule has 0 spiro atoms. The van der Waals surface area contributed by atoms with Gasteiger partial charge in [0.1, 0.15) is 0 Å². The summed E-state index contributed by atoms with van der Waals surface area (Å²) in [5, 5.41) is 14.1. The van der Waals surface area contributed by atoms with Gasteiger partial charge < -0.3 is 10.2 Å². The second-order valence-electron chi connectivity index (χ2n) is 4.88. The zero-order chi connectivity index (χ0) is 15.9. The Hall–Kier alpha value is -2.67. The van der Waals surface area contributed by atoms with Gasteiger partial charge in [-0.3, -0.25) is 14.9 Å². The number of pyridine rings is 1. The summed E-state index contributed by atoms with van der Waals surface area (Å²) in [7, 11) is 1.72. The van der Waals surface area contributed by atoms with Crippen molar-refractivity contribution in [3.8, 4) is 0 Å². The molecule has 0 bridgehead atoms. The molecule has 1 aliphatic heterocycles. The quantitative estimate of drug-likeness (QED) is 0.694. The van der Waals surface area contributed by atoms with Crippen LogP contribution in [0.2, 0.25) is 5.02 Å². The van der Waals surface area contributed by atoms with Crippen molar-refractivity contribution in [3.05, 3.63) is 51.2 Å². The van der Waals surface area contributed by atoms with Crippen molar-refractivity contribution >= 4 is 40.4 Å². The van der Waals surface area contributed by atoms with Gasteiger partial charge in [-0.05, 0) is 23.8 Å². The lowest BCUT2D eigenvalue weighted by Crippen LogP contribution is -2.20. The van der Waals surface area contributed by atoms with Crippen molar-refractivity contribution in [1.82, 2.24) is 4.98 Å². The molecule has 0 saturated heterocycles. The first kappa shape index (κ1) is 14.3. The number of carbonyl (C=O) groups excluding carboxylic acids is 1. The van der Waals surface area contributed by atoms with Gasteiger partial charge in [-0.15, -0.1) is 0 Å². The number of rotatable bonds is 3. The van der Waals surface area contributed by atoms with E-state index in [0.29, 0.717) is 12.1 Å². The van der Waals surface area contributed by atoms with Crippen LogP contribution in [0.5, 0.6) is 0 Å². The summed E-state index contributed by atoms with van der Waals surface area (Å²) in [4.78, 5) is 27.7. The van der Waals surface area contributed by atoms with E-state index in [1.54, 1.807) is 30.1 Å². The maximum Gasteiger partial charge on any atom is 0.313 e. The van der Waals surface area contributed by atoms with E-state index in [1.165, 1.54) is 12.3 Å². The molecule has 0 saturated carbocycles. The van der Waals surface area contributed by atoms with Gasteiger partial charge in [0.05, 0.1) is 16.4 Å². The van der Waals surface area contributed by atoms with Gasteiger partial charge in [-0.25, -0.2) is 4.98 Å². The van der Waals surface area contributed by atoms with Crippen molar-refractivity contribution in [3.63, 3.8) is 0 Å². The average Bonchev–Trinajstić information content (AvgIpc) is 2.75. The summed E-state index contributed by atoms with van der Waals surface area (Å²) in [5.41, 5.74) is 2.13. The minimum Gasteiger partial charge on any atom is -0.334 e. The topological polar surface area (TPSA) is 88.4 Å². The second-order valence-corrected chi connectivity index (χ2v) is 5.31. The minimum atomic E-state index is -0.550. The van der Waals surface area contributed by atoms with Crippen LogP contribution in [0.15, 0.2) is 30.5 Å². The Morgan fingerprint density at radius 3 is 2.91 bits per heavy atom. The first-order chi connectivity index (χ1) is 10.5. The molecule has 1 aromatic heterocycles. The van der Waals surface area contributed by atoms with Crippen LogP contribution < -0.4 is 10.2 Å². The number of halogens is 1. The number of nitrogens with zero attached hydrogens (tertiary/aromatic N) is 3. The highest BCUT2D eigenvalue weighted by atomic mass is 35.5. The van der Waals surface area contributed by atoms with Crippen LogP contribution in [0, 0.1) is 10.1 Å². The Labute approximate surface area is 130 Å². The van der Waals surface area contributed by atoms with Gasteiger partial charge in [0.25, 0.3) is 0 Å². The molecule has 8 heteroatoms. The molecule has 3 rings (SSSR count). The molecule has 1 N–H and O–H groups in total. The Bertz CT molecular complexity index is 794. The maximum absolute atomic E-state index is 11.7. The van der Waals surface area contributed by atoms with E-state index in [2.05, 4.69) is 10.3 Å². The van der Waals surface area contributed by atoms with E-state index in [-0.39, 0.29) is 22.4 Å². The molecule has 2 aromatic rings. The molecule has 7 nitrogen and oxygen atoms in total. The van der Waals surface area contributed by atoms with E-state index in [9.17, 15) is 14.9 Å². The molecule has 1 amide bonds. The average molecular weight is 319 g/mol. The molecule has 2 heterocycles. The van der Waals surface area contributed by atoms with Gasteiger partial charge in [-0.2, -0.15) is 0 Å². The summed E-state index contributed by atoms with van der Waals surface area (Å²) in [6.07, 6.45) is 1.65. The van der Waals surface area contributed by atoms with Crippen molar-refractivity contribution < 1.29 is 9.72 Å². The van der Waals surface area contributed by atoms with Gasteiger partial charge in [0, 0.05) is 30.7 Å². The summed E-state index contributed by atoms with van der Waals surface area (Å²) < 4.78 is 0. The third-order valence-corrected chi connectivity index (χ3v) is 3.66. The van der Waals surface area contributed by atoms with Crippen LogP contribution in [0.4, 0.5) is 22.9 Å². The van der Waals surface area contributed by atoms with E-state index in [0.717, 1.165) is 11.3 Å². The lowest BCUT2D eigenvalue weighted by Gasteiger charge is -2.11. The van der Waals surface area contributed by atoms with Crippen molar-refractivity contribution in [2.24, 2.45) is 0 Å². The Balaban J connectivity index is 1.94. The SMILES string of the molecule is CN1C(=O)Cc2cc(Nc3ncc(Cl)cc3[N+](=O)[O-])ccc21. The Morgan fingerprint density at radius 1 is 1.41 bits per heavy atom. The van der Waals surface area contributed by atoms with Gasteiger partial charge in [-0.1, -0.05) is 11.6 Å². The lowest BCUT2D eigenvalue weighted by atomic mass is 10.1. The molecule has 112 valence electrons. The van der Waals surface area contributed by atoms with Crippen LogP contribution in [-0.4, -0.2) is 22.9 Å². The van der Waals surface area contributed by atoms with E-state index < -0.39 is 4.92 Å². The summed E-state index contributed by atoms with van der Waals surface area (Å²) >= 11 is 5.73.